The normalized spacial score (nSPS) is 12.6. The molecule has 1 rings (SSSR count). The van der Waals surface area contributed by atoms with Crippen molar-refractivity contribution in [3.8, 4) is 0 Å². The summed E-state index contributed by atoms with van der Waals surface area (Å²) in [4.78, 5) is 0. The highest BCUT2D eigenvalue weighted by atomic mass is 35.5. The van der Waals surface area contributed by atoms with Gasteiger partial charge in [0.1, 0.15) is 0 Å². The molecular weight excluding hydrogens is 198 g/mol. The summed E-state index contributed by atoms with van der Waals surface area (Å²) >= 11 is 6.00. The summed E-state index contributed by atoms with van der Waals surface area (Å²) < 4.78 is 0. The molecule has 3 heteroatoms. The van der Waals surface area contributed by atoms with E-state index < -0.39 is 0 Å². The highest BCUT2D eigenvalue weighted by molar-refractivity contribution is 6.33. The lowest BCUT2D eigenvalue weighted by Crippen LogP contribution is -2.14. The molecule has 0 aliphatic heterocycles. The molecule has 0 heterocycles. The Bertz CT molecular complexity index is 301. The first kappa shape index (κ1) is 11.3. The Kier molecular flexibility index (Phi) is 4.23. The van der Waals surface area contributed by atoms with Crippen molar-refractivity contribution in [2.75, 3.05) is 18.5 Å². The zero-order valence-corrected chi connectivity index (χ0v) is 9.30. The minimum atomic E-state index is 0.191. The minimum Gasteiger partial charge on any atom is -0.396 e. The van der Waals surface area contributed by atoms with E-state index >= 15 is 0 Å². The fraction of sp³-hybridized carbons (Fsp3) is 0.455. The van der Waals surface area contributed by atoms with Gasteiger partial charge >= 0.3 is 0 Å². The van der Waals surface area contributed by atoms with Crippen LogP contribution in [0.2, 0.25) is 5.02 Å². The lowest BCUT2D eigenvalue weighted by atomic mass is 10.2. The largest absolute Gasteiger partial charge is 0.396 e. The van der Waals surface area contributed by atoms with Crippen LogP contribution in [-0.2, 0) is 0 Å². The molecule has 1 atom stereocenters. The van der Waals surface area contributed by atoms with E-state index in [0.29, 0.717) is 0 Å². The van der Waals surface area contributed by atoms with Crippen molar-refractivity contribution in [3.05, 3.63) is 28.8 Å². The number of benzene rings is 1. The van der Waals surface area contributed by atoms with Crippen LogP contribution in [0.1, 0.15) is 12.5 Å². The Hall–Kier alpha value is -0.730. The first-order chi connectivity index (χ1) is 6.63. The van der Waals surface area contributed by atoms with Gasteiger partial charge in [0.25, 0.3) is 0 Å². The van der Waals surface area contributed by atoms with Crippen LogP contribution in [0.15, 0.2) is 18.2 Å². The van der Waals surface area contributed by atoms with Gasteiger partial charge in [-0.2, -0.15) is 0 Å². The number of hydrogen-bond donors (Lipinski definition) is 2. The van der Waals surface area contributed by atoms with Crippen LogP contribution in [0.3, 0.4) is 0 Å². The van der Waals surface area contributed by atoms with E-state index in [1.807, 2.05) is 32.0 Å². The molecule has 78 valence electrons. The Balaban J connectivity index is 2.62. The first-order valence-electron chi connectivity index (χ1n) is 4.74. The number of aliphatic hydroxyl groups is 1. The highest BCUT2D eigenvalue weighted by Gasteiger charge is 2.02. The minimum absolute atomic E-state index is 0.191. The molecule has 1 aromatic carbocycles. The molecule has 0 radical (unpaired) electrons. The fourth-order valence-corrected chi connectivity index (χ4v) is 1.31. The zero-order valence-electron chi connectivity index (χ0n) is 8.55. The monoisotopic (exact) mass is 213 g/mol. The van der Waals surface area contributed by atoms with Crippen molar-refractivity contribution >= 4 is 17.3 Å². The van der Waals surface area contributed by atoms with Crippen LogP contribution in [-0.4, -0.2) is 18.3 Å². The second-order valence-electron chi connectivity index (χ2n) is 3.65. The van der Waals surface area contributed by atoms with E-state index in [0.717, 1.165) is 17.3 Å². The van der Waals surface area contributed by atoms with Crippen LogP contribution in [0.5, 0.6) is 0 Å². The number of anilines is 1. The van der Waals surface area contributed by atoms with Crippen LogP contribution in [0.25, 0.3) is 0 Å². The number of nitrogens with one attached hydrogen (secondary N) is 1. The van der Waals surface area contributed by atoms with Crippen molar-refractivity contribution in [1.29, 1.82) is 0 Å². The van der Waals surface area contributed by atoms with Crippen molar-refractivity contribution in [3.63, 3.8) is 0 Å². The number of halogens is 1. The topological polar surface area (TPSA) is 32.3 Å². The zero-order chi connectivity index (χ0) is 10.6. The van der Waals surface area contributed by atoms with Crippen molar-refractivity contribution < 1.29 is 5.11 Å². The van der Waals surface area contributed by atoms with E-state index in [-0.39, 0.29) is 12.5 Å². The highest BCUT2D eigenvalue weighted by Crippen LogP contribution is 2.22. The average Bonchev–Trinajstić information content (AvgIpc) is 2.19. The third-order valence-electron chi connectivity index (χ3n) is 2.07. The van der Waals surface area contributed by atoms with E-state index in [1.165, 1.54) is 5.56 Å². The SMILES string of the molecule is Cc1ccc(Cl)c(NCC(C)CO)c1. The van der Waals surface area contributed by atoms with Gasteiger partial charge in [-0.1, -0.05) is 24.6 Å². The lowest BCUT2D eigenvalue weighted by molar-refractivity contribution is 0.244. The van der Waals surface area contributed by atoms with Gasteiger partial charge in [-0.15, -0.1) is 0 Å². The Morgan fingerprint density at radius 3 is 2.86 bits per heavy atom. The molecule has 0 aliphatic carbocycles. The second kappa shape index (κ2) is 5.23. The number of hydrogen-bond acceptors (Lipinski definition) is 2. The smallest absolute Gasteiger partial charge is 0.0637 e. The lowest BCUT2D eigenvalue weighted by Gasteiger charge is -2.12. The number of aryl methyl sites for hydroxylation is 1. The van der Waals surface area contributed by atoms with E-state index in [4.69, 9.17) is 16.7 Å². The van der Waals surface area contributed by atoms with Gasteiger partial charge in [0.15, 0.2) is 0 Å². The first-order valence-corrected chi connectivity index (χ1v) is 5.12. The molecule has 1 unspecified atom stereocenters. The summed E-state index contributed by atoms with van der Waals surface area (Å²) in [6.45, 7) is 4.93. The fourth-order valence-electron chi connectivity index (χ4n) is 1.12. The van der Waals surface area contributed by atoms with Gasteiger partial charge in [-0.25, -0.2) is 0 Å². The number of rotatable bonds is 4. The summed E-state index contributed by atoms with van der Waals surface area (Å²) in [7, 11) is 0. The Morgan fingerprint density at radius 2 is 2.21 bits per heavy atom. The predicted octanol–water partition coefficient (Wildman–Crippen LogP) is 2.69. The van der Waals surface area contributed by atoms with E-state index in [1.54, 1.807) is 0 Å². The maximum atomic E-state index is 8.86. The standard InChI is InChI=1S/C11H16ClNO/c1-8-3-4-10(12)11(5-8)13-6-9(2)7-14/h3-5,9,13-14H,6-7H2,1-2H3. The molecule has 0 aromatic heterocycles. The molecule has 0 amide bonds. The molecule has 0 saturated carbocycles. The molecule has 0 saturated heterocycles. The summed E-state index contributed by atoms with van der Waals surface area (Å²) in [6, 6.07) is 5.86. The molecule has 0 spiro atoms. The Morgan fingerprint density at radius 1 is 1.50 bits per heavy atom. The van der Waals surface area contributed by atoms with Gasteiger partial charge < -0.3 is 10.4 Å². The van der Waals surface area contributed by atoms with Gasteiger partial charge in [0.05, 0.1) is 10.7 Å². The average molecular weight is 214 g/mol. The molecule has 0 bridgehead atoms. The third kappa shape index (κ3) is 3.20. The van der Waals surface area contributed by atoms with Crippen molar-refractivity contribution in [2.45, 2.75) is 13.8 Å². The second-order valence-corrected chi connectivity index (χ2v) is 4.06. The van der Waals surface area contributed by atoms with Gasteiger partial charge in [-0.3, -0.25) is 0 Å². The molecule has 14 heavy (non-hydrogen) atoms. The predicted molar refractivity (Wildman–Crippen MR) is 60.9 cm³/mol. The van der Waals surface area contributed by atoms with Gasteiger partial charge in [0, 0.05) is 13.2 Å². The summed E-state index contributed by atoms with van der Waals surface area (Å²) in [5.74, 6) is 0.242. The molecule has 2 N–H and O–H groups in total. The number of aliphatic hydroxyl groups excluding tert-OH is 1. The van der Waals surface area contributed by atoms with E-state index in [2.05, 4.69) is 5.32 Å². The molecule has 0 aliphatic rings. The summed E-state index contributed by atoms with van der Waals surface area (Å²) in [5, 5.41) is 12.8. The maximum Gasteiger partial charge on any atom is 0.0637 e. The summed E-state index contributed by atoms with van der Waals surface area (Å²) in [6.07, 6.45) is 0. The van der Waals surface area contributed by atoms with Gasteiger partial charge in [0.2, 0.25) is 0 Å². The van der Waals surface area contributed by atoms with Crippen molar-refractivity contribution in [1.82, 2.24) is 0 Å². The van der Waals surface area contributed by atoms with Gasteiger partial charge in [-0.05, 0) is 30.5 Å². The summed E-state index contributed by atoms with van der Waals surface area (Å²) in [5.41, 5.74) is 2.11. The van der Waals surface area contributed by atoms with Crippen LogP contribution < -0.4 is 5.32 Å². The van der Waals surface area contributed by atoms with Crippen LogP contribution in [0.4, 0.5) is 5.69 Å². The van der Waals surface area contributed by atoms with Crippen LogP contribution >= 0.6 is 11.6 Å². The quantitative estimate of drug-likeness (QED) is 0.806. The maximum absolute atomic E-state index is 8.86. The molecule has 2 nitrogen and oxygen atoms in total. The van der Waals surface area contributed by atoms with E-state index in [9.17, 15) is 0 Å². The molecular formula is C11H16ClNO. The molecule has 1 aromatic rings. The third-order valence-corrected chi connectivity index (χ3v) is 2.40. The molecule has 0 fully saturated rings. The van der Waals surface area contributed by atoms with Crippen molar-refractivity contribution in [2.24, 2.45) is 5.92 Å². The van der Waals surface area contributed by atoms with Crippen LogP contribution in [0, 0.1) is 12.8 Å². The Labute approximate surface area is 89.9 Å².